The summed E-state index contributed by atoms with van der Waals surface area (Å²) < 4.78 is 20.0. The maximum absolute atomic E-state index is 14.1. The van der Waals surface area contributed by atoms with E-state index in [0.717, 1.165) is 18.4 Å². The van der Waals surface area contributed by atoms with Gasteiger partial charge in [0.2, 0.25) is 0 Å². The molecule has 0 spiro atoms. The van der Waals surface area contributed by atoms with Crippen LogP contribution in [0, 0.1) is 5.82 Å². The average molecular weight is 292 g/mol. The van der Waals surface area contributed by atoms with E-state index in [1.807, 2.05) is 18.2 Å². The molecule has 0 radical (unpaired) electrons. The van der Waals surface area contributed by atoms with Gasteiger partial charge in [-0.3, -0.25) is 0 Å². The van der Waals surface area contributed by atoms with E-state index in [4.69, 9.17) is 22.1 Å². The number of fused-ring (bicyclic) bond motifs is 1. The second kappa shape index (κ2) is 5.43. The molecule has 4 heteroatoms. The SMILES string of the molecule is NC[C@H]1CCc2cccc(-c3c(F)cccc3Cl)c2O1. The maximum Gasteiger partial charge on any atom is 0.132 e. The Bertz CT molecular complexity index is 624. The second-order valence-corrected chi connectivity index (χ2v) is 5.31. The summed E-state index contributed by atoms with van der Waals surface area (Å²) in [7, 11) is 0. The van der Waals surface area contributed by atoms with Crippen LogP contribution in [-0.2, 0) is 6.42 Å². The molecule has 0 saturated heterocycles. The number of hydrogen-bond donors (Lipinski definition) is 1. The number of ether oxygens (including phenoxy) is 1. The third-order valence-electron chi connectivity index (χ3n) is 3.61. The first-order chi connectivity index (χ1) is 9.70. The fourth-order valence-electron chi connectivity index (χ4n) is 2.58. The zero-order valence-electron chi connectivity index (χ0n) is 10.9. The summed E-state index contributed by atoms with van der Waals surface area (Å²) in [5, 5.41) is 0.386. The van der Waals surface area contributed by atoms with Gasteiger partial charge in [0, 0.05) is 17.7 Å². The smallest absolute Gasteiger partial charge is 0.132 e. The topological polar surface area (TPSA) is 35.2 Å². The zero-order chi connectivity index (χ0) is 14.1. The molecule has 1 aliphatic heterocycles. The van der Waals surface area contributed by atoms with Gasteiger partial charge in [0.05, 0.1) is 5.02 Å². The molecule has 0 amide bonds. The highest BCUT2D eigenvalue weighted by atomic mass is 35.5. The number of nitrogens with two attached hydrogens (primary N) is 1. The van der Waals surface area contributed by atoms with Crippen molar-refractivity contribution in [3.05, 3.63) is 52.8 Å². The standard InChI is InChI=1S/C16H15ClFNO/c17-13-5-2-6-14(18)15(13)12-4-1-3-10-7-8-11(9-19)20-16(10)12/h1-6,11H,7-9,19H2/t11-/m1/s1. The fraction of sp³-hybridized carbons (Fsp3) is 0.250. The molecule has 2 N–H and O–H groups in total. The lowest BCUT2D eigenvalue weighted by molar-refractivity contribution is 0.182. The molecule has 20 heavy (non-hydrogen) atoms. The number of rotatable bonds is 2. The third kappa shape index (κ3) is 2.28. The highest BCUT2D eigenvalue weighted by molar-refractivity contribution is 6.33. The minimum absolute atomic E-state index is 0.0193. The number of aryl methyl sites for hydroxylation is 1. The molecule has 1 aliphatic rings. The normalized spacial score (nSPS) is 17.4. The molecule has 3 rings (SSSR count). The van der Waals surface area contributed by atoms with Gasteiger partial charge >= 0.3 is 0 Å². The van der Waals surface area contributed by atoms with Crippen molar-refractivity contribution in [3.63, 3.8) is 0 Å². The monoisotopic (exact) mass is 291 g/mol. The Morgan fingerprint density at radius 1 is 1.25 bits per heavy atom. The molecular weight excluding hydrogens is 277 g/mol. The van der Waals surface area contributed by atoms with Crippen LogP contribution >= 0.6 is 11.6 Å². The molecule has 104 valence electrons. The Hall–Kier alpha value is -1.58. The van der Waals surface area contributed by atoms with Crippen LogP contribution in [0.15, 0.2) is 36.4 Å². The number of hydrogen-bond acceptors (Lipinski definition) is 2. The van der Waals surface area contributed by atoms with E-state index in [0.29, 0.717) is 28.4 Å². The van der Waals surface area contributed by atoms with E-state index in [1.54, 1.807) is 12.1 Å². The maximum atomic E-state index is 14.1. The molecule has 1 heterocycles. The van der Waals surface area contributed by atoms with Gasteiger partial charge < -0.3 is 10.5 Å². The highest BCUT2D eigenvalue weighted by Gasteiger charge is 2.23. The van der Waals surface area contributed by atoms with Crippen molar-refractivity contribution >= 4 is 11.6 Å². The van der Waals surface area contributed by atoms with E-state index in [-0.39, 0.29) is 11.9 Å². The first-order valence-electron chi connectivity index (χ1n) is 6.63. The van der Waals surface area contributed by atoms with Gasteiger partial charge in [-0.05, 0) is 30.5 Å². The van der Waals surface area contributed by atoms with Crippen LogP contribution in [0.4, 0.5) is 4.39 Å². The van der Waals surface area contributed by atoms with Gasteiger partial charge in [-0.1, -0.05) is 35.9 Å². The van der Waals surface area contributed by atoms with Crippen molar-refractivity contribution in [3.8, 4) is 16.9 Å². The molecule has 0 bridgehead atoms. The summed E-state index contributed by atoms with van der Waals surface area (Å²) in [6.07, 6.45) is 1.75. The number of para-hydroxylation sites is 1. The summed E-state index contributed by atoms with van der Waals surface area (Å²) in [5.74, 6) is 0.366. The Morgan fingerprint density at radius 3 is 2.80 bits per heavy atom. The van der Waals surface area contributed by atoms with Crippen LogP contribution < -0.4 is 10.5 Å². The minimum atomic E-state index is -0.343. The molecule has 2 aromatic carbocycles. The molecule has 2 nitrogen and oxygen atoms in total. The summed E-state index contributed by atoms with van der Waals surface area (Å²) in [4.78, 5) is 0. The fourth-order valence-corrected chi connectivity index (χ4v) is 2.85. The predicted octanol–water partition coefficient (Wildman–Crippen LogP) is 3.80. The zero-order valence-corrected chi connectivity index (χ0v) is 11.7. The predicted molar refractivity (Wildman–Crippen MR) is 78.6 cm³/mol. The Balaban J connectivity index is 2.16. The van der Waals surface area contributed by atoms with Crippen LogP contribution in [0.5, 0.6) is 5.75 Å². The van der Waals surface area contributed by atoms with E-state index in [1.165, 1.54) is 6.07 Å². The molecular formula is C16H15ClFNO. The van der Waals surface area contributed by atoms with Gasteiger partial charge in [-0.15, -0.1) is 0 Å². The van der Waals surface area contributed by atoms with Gasteiger partial charge in [-0.25, -0.2) is 4.39 Å². The van der Waals surface area contributed by atoms with Crippen molar-refractivity contribution in [2.45, 2.75) is 18.9 Å². The molecule has 0 aliphatic carbocycles. The van der Waals surface area contributed by atoms with Crippen molar-refractivity contribution in [1.82, 2.24) is 0 Å². The summed E-state index contributed by atoms with van der Waals surface area (Å²) in [5.41, 5.74) is 7.85. The van der Waals surface area contributed by atoms with E-state index in [2.05, 4.69) is 0 Å². The Labute approximate surface area is 122 Å². The lowest BCUT2D eigenvalue weighted by Gasteiger charge is -2.27. The largest absolute Gasteiger partial charge is 0.488 e. The van der Waals surface area contributed by atoms with Gasteiger partial charge in [0.15, 0.2) is 0 Å². The van der Waals surface area contributed by atoms with Gasteiger partial charge in [0.1, 0.15) is 17.7 Å². The lowest BCUT2D eigenvalue weighted by atomic mass is 9.95. The van der Waals surface area contributed by atoms with Crippen LogP contribution in [0.25, 0.3) is 11.1 Å². The van der Waals surface area contributed by atoms with Crippen LogP contribution in [0.1, 0.15) is 12.0 Å². The minimum Gasteiger partial charge on any atom is -0.488 e. The van der Waals surface area contributed by atoms with E-state index >= 15 is 0 Å². The molecule has 0 fully saturated rings. The van der Waals surface area contributed by atoms with Crippen LogP contribution in [0.3, 0.4) is 0 Å². The van der Waals surface area contributed by atoms with Crippen molar-refractivity contribution in [2.24, 2.45) is 5.73 Å². The highest BCUT2D eigenvalue weighted by Crippen LogP contribution is 2.41. The average Bonchev–Trinajstić information content (AvgIpc) is 2.47. The number of halogens is 2. The van der Waals surface area contributed by atoms with E-state index in [9.17, 15) is 4.39 Å². The summed E-state index contributed by atoms with van der Waals surface area (Å²) in [6, 6.07) is 10.4. The first-order valence-corrected chi connectivity index (χ1v) is 7.01. The van der Waals surface area contributed by atoms with Crippen molar-refractivity contribution in [2.75, 3.05) is 6.54 Å². The molecule has 0 aromatic heterocycles. The van der Waals surface area contributed by atoms with Crippen LogP contribution in [-0.4, -0.2) is 12.6 Å². The molecule has 2 aromatic rings. The Kier molecular flexibility index (Phi) is 3.64. The molecule has 0 saturated carbocycles. The quantitative estimate of drug-likeness (QED) is 0.913. The lowest BCUT2D eigenvalue weighted by Crippen LogP contribution is -2.30. The van der Waals surface area contributed by atoms with Gasteiger partial charge in [-0.2, -0.15) is 0 Å². The summed E-state index contributed by atoms with van der Waals surface area (Å²) >= 11 is 6.16. The Morgan fingerprint density at radius 2 is 2.05 bits per heavy atom. The third-order valence-corrected chi connectivity index (χ3v) is 3.93. The van der Waals surface area contributed by atoms with Gasteiger partial charge in [0.25, 0.3) is 0 Å². The van der Waals surface area contributed by atoms with Crippen LogP contribution in [0.2, 0.25) is 5.02 Å². The molecule has 0 unspecified atom stereocenters. The molecule has 1 atom stereocenters. The summed E-state index contributed by atoms with van der Waals surface area (Å²) in [6.45, 7) is 0.457. The second-order valence-electron chi connectivity index (χ2n) is 4.90. The van der Waals surface area contributed by atoms with E-state index < -0.39 is 0 Å². The number of benzene rings is 2. The first kappa shape index (κ1) is 13.4. The van der Waals surface area contributed by atoms with Crippen molar-refractivity contribution < 1.29 is 9.13 Å². The van der Waals surface area contributed by atoms with Crippen molar-refractivity contribution in [1.29, 1.82) is 0 Å².